The SMILES string of the molecule is COc1ccc(N(C)C(=O)[C@H](Cc2cc(F)cc(F)c2)NC(=O)CN2CCN(C(=O)c3ccc(Br)cc3)CC2=O)cc1. The molecule has 220 valence electrons. The van der Waals surface area contributed by atoms with Gasteiger partial charge in [0.1, 0.15) is 30.0 Å². The molecule has 0 saturated carbocycles. The molecule has 12 heteroatoms. The molecule has 3 aromatic carbocycles. The molecule has 42 heavy (non-hydrogen) atoms. The fourth-order valence-electron chi connectivity index (χ4n) is 4.57. The van der Waals surface area contributed by atoms with E-state index in [1.807, 2.05) is 0 Å². The van der Waals surface area contributed by atoms with E-state index in [2.05, 4.69) is 21.2 Å². The summed E-state index contributed by atoms with van der Waals surface area (Å²) in [7, 11) is 3.03. The highest BCUT2D eigenvalue weighted by atomic mass is 79.9. The Hall–Kier alpha value is -4.32. The number of ether oxygens (including phenoxy) is 1. The number of methoxy groups -OCH3 is 1. The highest BCUT2D eigenvalue weighted by molar-refractivity contribution is 9.10. The van der Waals surface area contributed by atoms with Crippen LogP contribution in [0.3, 0.4) is 0 Å². The number of piperazine rings is 1. The molecule has 4 amide bonds. The predicted molar refractivity (Wildman–Crippen MR) is 155 cm³/mol. The Bertz CT molecular complexity index is 1450. The molecule has 3 aromatic rings. The quantitative estimate of drug-likeness (QED) is 0.386. The number of anilines is 1. The second-order valence-corrected chi connectivity index (χ2v) is 10.7. The molecule has 4 rings (SSSR count). The maximum absolute atomic E-state index is 13.9. The lowest BCUT2D eigenvalue weighted by Crippen LogP contribution is -2.56. The lowest BCUT2D eigenvalue weighted by molar-refractivity contribution is -0.139. The Labute approximate surface area is 250 Å². The van der Waals surface area contributed by atoms with Crippen molar-refractivity contribution in [3.8, 4) is 5.75 Å². The van der Waals surface area contributed by atoms with E-state index in [0.717, 1.165) is 22.7 Å². The zero-order valence-electron chi connectivity index (χ0n) is 23.0. The summed E-state index contributed by atoms with van der Waals surface area (Å²) in [6.07, 6.45) is -0.191. The highest BCUT2D eigenvalue weighted by Gasteiger charge is 2.31. The number of likely N-dealkylation sites (N-methyl/N-ethyl adjacent to an activating group) is 1. The van der Waals surface area contributed by atoms with Crippen LogP contribution in [-0.4, -0.2) is 79.8 Å². The van der Waals surface area contributed by atoms with Gasteiger partial charge in [-0.3, -0.25) is 19.2 Å². The summed E-state index contributed by atoms with van der Waals surface area (Å²) in [4.78, 5) is 56.3. The summed E-state index contributed by atoms with van der Waals surface area (Å²) in [5, 5.41) is 2.63. The minimum Gasteiger partial charge on any atom is -0.497 e. The average molecular weight is 643 g/mol. The molecule has 0 spiro atoms. The summed E-state index contributed by atoms with van der Waals surface area (Å²) >= 11 is 3.32. The maximum atomic E-state index is 13.9. The van der Waals surface area contributed by atoms with Gasteiger partial charge < -0.3 is 24.8 Å². The van der Waals surface area contributed by atoms with Gasteiger partial charge in [0.25, 0.3) is 5.91 Å². The van der Waals surface area contributed by atoms with Gasteiger partial charge in [0.05, 0.1) is 13.7 Å². The van der Waals surface area contributed by atoms with E-state index < -0.39 is 35.4 Å². The molecule has 0 unspecified atom stereocenters. The van der Waals surface area contributed by atoms with Crippen LogP contribution in [-0.2, 0) is 20.8 Å². The topological polar surface area (TPSA) is 99.3 Å². The van der Waals surface area contributed by atoms with Crippen LogP contribution < -0.4 is 15.0 Å². The van der Waals surface area contributed by atoms with Gasteiger partial charge in [-0.15, -0.1) is 0 Å². The number of hydrogen-bond donors (Lipinski definition) is 1. The van der Waals surface area contributed by atoms with Crippen molar-refractivity contribution in [1.29, 1.82) is 0 Å². The third-order valence-corrected chi connectivity index (χ3v) is 7.35. The van der Waals surface area contributed by atoms with E-state index in [9.17, 15) is 28.0 Å². The summed E-state index contributed by atoms with van der Waals surface area (Å²) in [6.45, 7) is -0.215. The number of carbonyl (C=O) groups is 4. The molecule has 9 nitrogen and oxygen atoms in total. The van der Waals surface area contributed by atoms with Crippen molar-refractivity contribution < 1.29 is 32.7 Å². The zero-order chi connectivity index (χ0) is 30.4. The second kappa shape index (κ2) is 13.6. The molecule has 0 aromatic heterocycles. The van der Waals surface area contributed by atoms with Gasteiger partial charge in [-0.25, -0.2) is 8.78 Å². The lowest BCUT2D eigenvalue weighted by atomic mass is 10.0. The van der Waals surface area contributed by atoms with Gasteiger partial charge in [-0.05, 0) is 66.2 Å². The average Bonchev–Trinajstić information content (AvgIpc) is 2.96. The van der Waals surface area contributed by atoms with Crippen molar-refractivity contribution in [2.24, 2.45) is 0 Å². The molecule has 0 bridgehead atoms. The molecule has 1 aliphatic heterocycles. The third-order valence-electron chi connectivity index (χ3n) is 6.82. The second-order valence-electron chi connectivity index (χ2n) is 9.75. The van der Waals surface area contributed by atoms with Gasteiger partial charge in [0.2, 0.25) is 17.7 Å². The number of hydrogen-bond acceptors (Lipinski definition) is 5. The number of rotatable bonds is 9. The maximum Gasteiger partial charge on any atom is 0.254 e. The summed E-state index contributed by atoms with van der Waals surface area (Å²) in [5.74, 6) is -2.92. The van der Waals surface area contributed by atoms with Crippen molar-refractivity contribution in [3.63, 3.8) is 0 Å². The number of nitrogens with zero attached hydrogens (tertiary/aromatic N) is 3. The standard InChI is InChI=1S/C30H29BrF2N4O5/c1-35(24-7-9-25(42-2)10-8-24)30(41)26(15-19-13-22(32)16-23(33)14-19)34-27(38)17-36-11-12-37(18-28(36)39)29(40)20-3-5-21(31)6-4-20/h3-10,13-14,16,26H,11-12,15,17-18H2,1-2H3,(H,34,38)/t26-/m0/s1. The molecule has 1 fully saturated rings. The van der Waals surface area contributed by atoms with Crippen LogP contribution in [0.2, 0.25) is 0 Å². The van der Waals surface area contributed by atoms with Crippen molar-refractivity contribution in [2.75, 3.05) is 45.2 Å². The zero-order valence-corrected chi connectivity index (χ0v) is 24.6. The normalized spacial score (nSPS) is 13.9. The summed E-state index contributed by atoms with van der Waals surface area (Å²) in [6, 6.07) is 15.1. The Morgan fingerprint density at radius 2 is 1.64 bits per heavy atom. The van der Waals surface area contributed by atoms with Crippen LogP contribution in [0.15, 0.2) is 71.2 Å². The van der Waals surface area contributed by atoms with E-state index in [1.165, 1.54) is 28.9 Å². The van der Waals surface area contributed by atoms with Gasteiger partial charge in [0.15, 0.2) is 0 Å². The van der Waals surface area contributed by atoms with Gasteiger partial charge in [0, 0.05) is 48.3 Å². The molecule has 1 saturated heterocycles. The first-order chi connectivity index (χ1) is 20.0. The number of halogens is 3. The molecule has 1 heterocycles. The monoisotopic (exact) mass is 642 g/mol. The molecular formula is C30H29BrF2N4O5. The van der Waals surface area contributed by atoms with Crippen LogP contribution in [0.25, 0.3) is 0 Å². The highest BCUT2D eigenvalue weighted by Crippen LogP contribution is 2.20. The van der Waals surface area contributed by atoms with Crippen molar-refractivity contribution >= 4 is 45.2 Å². The Morgan fingerprint density at radius 3 is 2.24 bits per heavy atom. The fraction of sp³-hybridized carbons (Fsp3) is 0.267. The molecule has 1 atom stereocenters. The van der Waals surface area contributed by atoms with Gasteiger partial charge in [-0.1, -0.05) is 15.9 Å². The van der Waals surface area contributed by atoms with E-state index >= 15 is 0 Å². The van der Waals surface area contributed by atoms with E-state index in [1.54, 1.807) is 48.5 Å². The number of benzene rings is 3. The van der Waals surface area contributed by atoms with E-state index in [4.69, 9.17) is 4.74 Å². The van der Waals surface area contributed by atoms with Gasteiger partial charge >= 0.3 is 0 Å². The molecule has 0 radical (unpaired) electrons. The smallest absolute Gasteiger partial charge is 0.254 e. The van der Waals surface area contributed by atoms with Crippen molar-refractivity contribution in [2.45, 2.75) is 12.5 Å². The predicted octanol–water partition coefficient (Wildman–Crippen LogP) is 3.41. The minimum absolute atomic E-state index is 0.119. The number of amides is 4. The van der Waals surface area contributed by atoms with E-state index in [-0.39, 0.29) is 44.1 Å². The van der Waals surface area contributed by atoms with Crippen LogP contribution >= 0.6 is 15.9 Å². The summed E-state index contributed by atoms with van der Waals surface area (Å²) in [5.41, 5.74) is 1.12. The van der Waals surface area contributed by atoms with Crippen LogP contribution in [0.5, 0.6) is 5.75 Å². The third kappa shape index (κ3) is 7.69. The molecule has 1 N–H and O–H groups in total. The number of carbonyl (C=O) groups excluding carboxylic acids is 4. The van der Waals surface area contributed by atoms with Crippen molar-refractivity contribution in [1.82, 2.24) is 15.1 Å². The molecule has 0 aliphatic carbocycles. The van der Waals surface area contributed by atoms with Crippen LogP contribution in [0, 0.1) is 11.6 Å². The first-order valence-corrected chi connectivity index (χ1v) is 13.8. The summed E-state index contributed by atoms with van der Waals surface area (Å²) < 4.78 is 33.8. The largest absolute Gasteiger partial charge is 0.497 e. The Balaban J connectivity index is 1.44. The van der Waals surface area contributed by atoms with Crippen LogP contribution in [0.1, 0.15) is 15.9 Å². The Morgan fingerprint density at radius 1 is 1.00 bits per heavy atom. The van der Waals surface area contributed by atoms with E-state index in [0.29, 0.717) is 17.0 Å². The first kappa shape index (κ1) is 30.6. The minimum atomic E-state index is -1.19. The fourth-order valence-corrected chi connectivity index (χ4v) is 4.83. The first-order valence-electron chi connectivity index (χ1n) is 13.0. The van der Waals surface area contributed by atoms with Crippen molar-refractivity contribution in [3.05, 3.63) is 94.0 Å². The number of nitrogens with one attached hydrogen (secondary N) is 1. The van der Waals surface area contributed by atoms with Gasteiger partial charge in [-0.2, -0.15) is 0 Å². The van der Waals surface area contributed by atoms with Crippen LogP contribution in [0.4, 0.5) is 14.5 Å². The molecule has 1 aliphatic rings. The molecular weight excluding hydrogens is 614 g/mol. The lowest BCUT2D eigenvalue weighted by Gasteiger charge is -2.34. The Kier molecular flexibility index (Phi) is 9.89.